The van der Waals surface area contributed by atoms with Gasteiger partial charge in [-0.25, -0.2) is 4.68 Å². The molecule has 0 aliphatic heterocycles. The van der Waals surface area contributed by atoms with Crippen LogP contribution >= 0.6 is 11.8 Å². The van der Waals surface area contributed by atoms with Crippen LogP contribution in [0.4, 0.5) is 11.5 Å². The van der Waals surface area contributed by atoms with Crippen molar-refractivity contribution < 1.29 is 9.32 Å². The Labute approximate surface area is 190 Å². The number of thioether (sulfide) groups is 1. The van der Waals surface area contributed by atoms with Crippen LogP contribution in [-0.2, 0) is 11.3 Å². The molecule has 0 radical (unpaired) electrons. The van der Waals surface area contributed by atoms with E-state index in [-0.39, 0.29) is 18.3 Å². The molecule has 0 aliphatic carbocycles. The highest BCUT2D eigenvalue weighted by Gasteiger charge is 2.23. The number of nitrogens with two attached hydrogens (primary N) is 1. The molecule has 0 bridgehead atoms. The molecule has 4 rings (SSSR count). The van der Waals surface area contributed by atoms with Gasteiger partial charge in [0.25, 0.3) is 5.89 Å². The Hall–Kier alpha value is -3.59. The maximum Gasteiger partial charge on any atom is 0.264 e. The first-order valence-corrected chi connectivity index (χ1v) is 11.3. The molecule has 1 amide bonds. The van der Waals surface area contributed by atoms with E-state index in [0.29, 0.717) is 22.2 Å². The van der Waals surface area contributed by atoms with Crippen LogP contribution in [0.1, 0.15) is 16.7 Å². The van der Waals surface area contributed by atoms with Crippen molar-refractivity contribution in [2.45, 2.75) is 32.3 Å². The van der Waals surface area contributed by atoms with Gasteiger partial charge < -0.3 is 15.6 Å². The van der Waals surface area contributed by atoms with Crippen LogP contribution in [0.2, 0.25) is 0 Å². The number of nitrogen functional groups attached to an aromatic ring is 1. The van der Waals surface area contributed by atoms with Gasteiger partial charge in [0.2, 0.25) is 11.7 Å². The second-order valence-electron chi connectivity index (χ2n) is 7.56. The predicted molar refractivity (Wildman–Crippen MR) is 126 cm³/mol. The minimum atomic E-state index is -0.229. The highest BCUT2D eigenvalue weighted by molar-refractivity contribution is 7.98. The molecule has 32 heavy (non-hydrogen) atoms. The molecular weight excluding hydrogens is 424 g/mol. The number of carbonyl (C=O) groups excluding carboxylic acids is 1. The van der Waals surface area contributed by atoms with Crippen molar-refractivity contribution >= 4 is 29.2 Å². The van der Waals surface area contributed by atoms with Crippen molar-refractivity contribution in [1.29, 1.82) is 0 Å². The van der Waals surface area contributed by atoms with Crippen LogP contribution in [0.5, 0.6) is 0 Å². The van der Waals surface area contributed by atoms with E-state index in [9.17, 15) is 4.79 Å². The maximum atomic E-state index is 12.6. The van der Waals surface area contributed by atoms with Crippen molar-refractivity contribution in [3.05, 3.63) is 59.2 Å². The van der Waals surface area contributed by atoms with Gasteiger partial charge in [-0.3, -0.25) is 4.79 Å². The molecule has 3 N–H and O–H groups in total. The molecule has 0 aliphatic rings. The van der Waals surface area contributed by atoms with Crippen LogP contribution in [0.3, 0.4) is 0 Å². The molecule has 0 spiro atoms. The molecule has 0 saturated heterocycles. The number of anilines is 2. The van der Waals surface area contributed by atoms with Crippen LogP contribution in [-0.4, -0.2) is 32.1 Å². The lowest BCUT2D eigenvalue weighted by Gasteiger charge is -2.08. The zero-order valence-electron chi connectivity index (χ0n) is 18.3. The summed E-state index contributed by atoms with van der Waals surface area (Å²) in [6, 6.07) is 13.6. The van der Waals surface area contributed by atoms with Gasteiger partial charge in [0.1, 0.15) is 23.0 Å². The lowest BCUT2D eigenvalue weighted by molar-refractivity contribution is -0.116. The number of hydrogen-bond acceptors (Lipinski definition) is 7. The Morgan fingerprint density at radius 1 is 1.12 bits per heavy atom. The Morgan fingerprint density at radius 2 is 1.88 bits per heavy atom. The minimum Gasteiger partial charge on any atom is -0.383 e. The largest absolute Gasteiger partial charge is 0.383 e. The average Bonchev–Trinajstić information content (AvgIpc) is 3.36. The monoisotopic (exact) mass is 448 g/mol. The third-order valence-electron chi connectivity index (χ3n) is 5.19. The fourth-order valence-corrected chi connectivity index (χ4v) is 3.79. The summed E-state index contributed by atoms with van der Waals surface area (Å²) >= 11 is 1.40. The Kier molecular flexibility index (Phi) is 6.00. The van der Waals surface area contributed by atoms with E-state index in [1.165, 1.54) is 16.4 Å². The van der Waals surface area contributed by atoms with E-state index in [1.54, 1.807) is 0 Å². The molecule has 0 unspecified atom stereocenters. The maximum absolute atomic E-state index is 12.6. The molecule has 0 atom stereocenters. The van der Waals surface area contributed by atoms with Crippen LogP contribution < -0.4 is 11.1 Å². The van der Waals surface area contributed by atoms with E-state index in [4.69, 9.17) is 10.3 Å². The van der Waals surface area contributed by atoms with Gasteiger partial charge in [-0.15, -0.1) is 11.8 Å². The first-order chi connectivity index (χ1) is 15.4. The van der Waals surface area contributed by atoms with Gasteiger partial charge in [-0.05, 0) is 50.3 Å². The van der Waals surface area contributed by atoms with Crippen molar-refractivity contribution in [3.63, 3.8) is 0 Å². The summed E-state index contributed by atoms with van der Waals surface area (Å²) in [5, 5.41) is 12.1. The number of carbonyl (C=O) groups is 1. The van der Waals surface area contributed by atoms with Crippen molar-refractivity contribution in [2.75, 3.05) is 17.3 Å². The lowest BCUT2D eigenvalue weighted by atomic mass is 10.1. The topological polar surface area (TPSA) is 112 Å². The van der Waals surface area contributed by atoms with Gasteiger partial charge in [-0.2, -0.15) is 10.1 Å². The van der Waals surface area contributed by atoms with E-state index >= 15 is 0 Å². The highest BCUT2D eigenvalue weighted by Crippen LogP contribution is 2.34. The third kappa shape index (κ3) is 4.38. The summed E-state index contributed by atoms with van der Waals surface area (Å²) < 4.78 is 6.94. The van der Waals surface area contributed by atoms with Crippen LogP contribution in [0.25, 0.3) is 22.8 Å². The van der Waals surface area contributed by atoms with Gasteiger partial charge in [0, 0.05) is 11.3 Å². The van der Waals surface area contributed by atoms with E-state index in [0.717, 1.165) is 27.9 Å². The molecule has 164 valence electrons. The SMILES string of the molecule is CSc1nn(CC(=O)Nc2ccc(C)c(C)c2)c(N)c1-c1nc(-c2ccc(C)cc2)no1. The van der Waals surface area contributed by atoms with E-state index in [1.807, 2.05) is 69.5 Å². The number of benzene rings is 2. The second kappa shape index (κ2) is 8.88. The van der Waals surface area contributed by atoms with Gasteiger partial charge in [-0.1, -0.05) is 41.1 Å². The molecule has 2 heterocycles. The number of nitrogens with zero attached hydrogens (tertiary/aromatic N) is 4. The van der Waals surface area contributed by atoms with E-state index in [2.05, 4.69) is 20.6 Å². The van der Waals surface area contributed by atoms with E-state index < -0.39 is 0 Å². The smallest absolute Gasteiger partial charge is 0.264 e. The van der Waals surface area contributed by atoms with Crippen molar-refractivity contribution in [2.24, 2.45) is 0 Å². The fraction of sp³-hybridized carbons (Fsp3) is 0.217. The number of aryl methyl sites for hydroxylation is 3. The number of hydrogen-bond donors (Lipinski definition) is 2. The molecule has 2 aromatic carbocycles. The standard InChI is InChI=1S/C23H24N6O2S/c1-13-5-8-16(9-6-13)21-26-22(31-28-21)19-20(24)29(27-23(19)32-4)12-18(30)25-17-10-7-14(2)15(3)11-17/h5-11H,12,24H2,1-4H3,(H,25,30). The average molecular weight is 449 g/mol. The van der Waals surface area contributed by atoms with Crippen LogP contribution in [0.15, 0.2) is 52.0 Å². The molecule has 0 fully saturated rings. The predicted octanol–water partition coefficient (Wildman–Crippen LogP) is 4.47. The van der Waals surface area contributed by atoms with Crippen LogP contribution in [0, 0.1) is 20.8 Å². The zero-order chi connectivity index (χ0) is 22.8. The number of rotatable bonds is 6. The van der Waals surface area contributed by atoms with Gasteiger partial charge >= 0.3 is 0 Å². The summed E-state index contributed by atoms with van der Waals surface area (Å²) in [7, 11) is 0. The summed E-state index contributed by atoms with van der Waals surface area (Å²) in [5.74, 6) is 0.797. The normalized spacial score (nSPS) is 11.0. The molecule has 0 saturated carbocycles. The minimum absolute atomic E-state index is 0.0364. The molecule has 8 nitrogen and oxygen atoms in total. The number of aromatic nitrogens is 4. The second-order valence-corrected chi connectivity index (χ2v) is 8.36. The third-order valence-corrected chi connectivity index (χ3v) is 5.86. The highest BCUT2D eigenvalue weighted by atomic mass is 32.2. The van der Waals surface area contributed by atoms with Gasteiger partial charge in [0.15, 0.2) is 0 Å². The summed E-state index contributed by atoms with van der Waals surface area (Å²) in [6.07, 6.45) is 1.88. The van der Waals surface area contributed by atoms with Crippen molar-refractivity contribution in [3.8, 4) is 22.8 Å². The number of nitrogens with one attached hydrogen (secondary N) is 1. The quantitative estimate of drug-likeness (QED) is 0.419. The molecule has 4 aromatic rings. The Balaban J connectivity index is 1.57. The zero-order valence-corrected chi connectivity index (χ0v) is 19.2. The molecule has 9 heteroatoms. The fourth-order valence-electron chi connectivity index (χ4n) is 3.22. The first-order valence-electron chi connectivity index (χ1n) is 10.0. The summed E-state index contributed by atoms with van der Waals surface area (Å²) in [5.41, 5.74) is 11.9. The lowest BCUT2D eigenvalue weighted by Crippen LogP contribution is -2.20. The number of amides is 1. The Morgan fingerprint density at radius 3 is 2.56 bits per heavy atom. The molecule has 2 aromatic heterocycles. The summed E-state index contributed by atoms with van der Waals surface area (Å²) in [6.45, 7) is 6.01. The van der Waals surface area contributed by atoms with Crippen molar-refractivity contribution in [1.82, 2.24) is 19.9 Å². The Bertz CT molecular complexity index is 1280. The molecular formula is C23H24N6O2S. The van der Waals surface area contributed by atoms with Gasteiger partial charge in [0.05, 0.1) is 0 Å². The summed E-state index contributed by atoms with van der Waals surface area (Å²) in [4.78, 5) is 17.1. The first kappa shape index (κ1) is 21.6.